The Balaban J connectivity index is 1.89. The van der Waals surface area contributed by atoms with Crippen LogP contribution in [0.25, 0.3) is 0 Å². The molecule has 1 aromatic heterocycles. The fourth-order valence-electron chi connectivity index (χ4n) is 4.16. The topological polar surface area (TPSA) is 149 Å². The maximum atomic E-state index is 12.9. The number of para-hydroxylation sites is 1. The van der Waals surface area contributed by atoms with Crippen LogP contribution in [0.15, 0.2) is 35.3 Å². The minimum absolute atomic E-state index is 0.00913. The second kappa shape index (κ2) is 12.2. The van der Waals surface area contributed by atoms with Gasteiger partial charge in [0.25, 0.3) is 5.69 Å². The van der Waals surface area contributed by atoms with E-state index in [1.807, 2.05) is 6.92 Å². The summed E-state index contributed by atoms with van der Waals surface area (Å²) in [5, 5.41) is 11.4. The van der Waals surface area contributed by atoms with Gasteiger partial charge in [-0.2, -0.15) is 13.4 Å². The highest BCUT2D eigenvalue weighted by atomic mass is 32.2. The van der Waals surface area contributed by atoms with Gasteiger partial charge in [0.1, 0.15) is 6.23 Å². The molecular formula is C25H37N3O9SSi. The van der Waals surface area contributed by atoms with Gasteiger partial charge < -0.3 is 18.1 Å². The van der Waals surface area contributed by atoms with Gasteiger partial charge in [0.2, 0.25) is 5.88 Å². The Morgan fingerprint density at radius 2 is 1.95 bits per heavy atom. The van der Waals surface area contributed by atoms with Gasteiger partial charge in [-0.15, -0.1) is 0 Å². The van der Waals surface area contributed by atoms with Crippen LogP contribution in [0.3, 0.4) is 0 Å². The molecule has 1 aliphatic rings. The number of rotatable bonds is 11. The predicted octanol–water partition coefficient (Wildman–Crippen LogP) is 4.42. The van der Waals surface area contributed by atoms with Crippen molar-refractivity contribution in [3.05, 3.63) is 62.2 Å². The lowest BCUT2D eigenvalue weighted by Crippen LogP contribution is -2.45. The number of ether oxygens (including phenoxy) is 2. The second-order valence-corrected chi connectivity index (χ2v) is 16.4. The molecule has 1 saturated heterocycles. The number of benzene rings is 1. The third-order valence-electron chi connectivity index (χ3n) is 7.35. The van der Waals surface area contributed by atoms with Gasteiger partial charge in [-0.3, -0.25) is 14.7 Å². The first kappa shape index (κ1) is 30.9. The molecule has 0 bridgehead atoms. The molecule has 1 fully saturated rings. The molecule has 0 spiro atoms. The highest BCUT2D eigenvalue weighted by Crippen LogP contribution is 2.41. The summed E-state index contributed by atoms with van der Waals surface area (Å²) in [6.45, 7) is 14.2. The van der Waals surface area contributed by atoms with Crippen molar-refractivity contribution in [2.45, 2.75) is 96.7 Å². The van der Waals surface area contributed by atoms with Gasteiger partial charge in [-0.05, 0) is 37.5 Å². The van der Waals surface area contributed by atoms with Crippen LogP contribution in [0, 0.1) is 10.1 Å². The van der Waals surface area contributed by atoms with Crippen LogP contribution in [-0.4, -0.2) is 43.4 Å². The van der Waals surface area contributed by atoms with Crippen LogP contribution in [0.1, 0.15) is 70.9 Å². The Bertz CT molecular complexity index is 1310. The standard InChI is InChI=1S/C25H37N3O9SSi/c1-8-20-21(37-39(6,7)25(3,4)5)13-22(35-20)27-14-17(23(26-24(27)29)36-38(32)33)15-34-16(2)18-11-9-10-12-19(18)28(30)31/h9-12,14,16,20-22,38H,8,13,15H2,1-7H3/t16?,20-,21?,22-/m1/s1. The van der Waals surface area contributed by atoms with Gasteiger partial charge in [0.05, 0.1) is 41.0 Å². The average molecular weight is 584 g/mol. The monoisotopic (exact) mass is 583 g/mol. The zero-order valence-corrected chi connectivity index (χ0v) is 25.2. The molecule has 1 aromatic carbocycles. The van der Waals surface area contributed by atoms with Crippen LogP contribution in [0.5, 0.6) is 5.88 Å². The molecule has 12 nitrogen and oxygen atoms in total. The van der Waals surface area contributed by atoms with E-state index in [0.717, 1.165) is 0 Å². The molecule has 14 heteroatoms. The number of aromatic nitrogens is 2. The van der Waals surface area contributed by atoms with Crippen molar-refractivity contribution >= 4 is 25.0 Å². The lowest BCUT2D eigenvalue weighted by atomic mass is 10.1. The Morgan fingerprint density at radius 3 is 2.54 bits per heavy atom. The fraction of sp³-hybridized carbons (Fsp3) is 0.600. The lowest BCUT2D eigenvalue weighted by Gasteiger charge is -2.39. The molecule has 4 atom stereocenters. The smallest absolute Gasteiger partial charge is 0.353 e. The molecule has 2 unspecified atom stereocenters. The largest absolute Gasteiger partial charge is 0.411 e. The molecule has 1 aliphatic heterocycles. The summed E-state index contributed by atoms with van der Waals surface area (Å²) in [5.41, 5.74) is -0.337. The van der Waals surface area contributed by atoms with Crippen LogP contribution >= 0.6 is 0 Å². The van der Waals surface area contributed by atoms with Crippen molar-refractivity contribution in [2.24, 2.45) is 0 Å². The summed E-state index contributed by atoms with van der Waals surface area (Å²) in [4.78, 5) is 27.7. The highest BCUT2D eigenvalue weighted by Gasteiger charge is 2.44. The van der Waals surface area contributed by atoms with Crippen molar-refractivity contribution in [3.63, 3.8) is 0 Å². The summed E-state index contributed by atoms with van der Waals surface area (Å²) in [6.07, 6.45) is 0.623. The molecule has 39 heavy (non-hydrogen) atoms. The minimum Gasteiger partial charge on any atom is -0.411 e. The van der Waals surface area contributed by atoms with E-state index >= 15 is 0 Å². The molecule has 3 rings (SSSR count). The third kappa shape index (κ3) is 7.31. The van der Waals surface area contributed by atoms with Crippen molar-refractivity contribution in [1.29, 1.82) is 0 Å². The minimum atomic E-state index is -3.36. The predicted molar refractivity (Wildman–Crippen MR) is 147 cm³/mol. The van der Waals surface area contributed by atoms with E-state index in [2.05, 4.69) is 38.8 Å². The summed E-state index contributed by atoms with van der Waals surface area (Å²) >= 11 is 0. The van der Waals surface area contributed by atoms with Crippen molar-refractivity contribution < 1.29 is 31.4 Å². The molecule has 0 radical (unpaired) electrons. The Morgan fingerprint density at radius 1 is 1.28 bits per heavy atom. The molecule has 0 saturated carbocycles. The van der Waals surface area contributed by atoms with Crippen LogP contribution < -0.4 is 9.87 Å². The van der Waals surface area contributed by atoms with Gasteiger partial charge >= 0.3 is 16.7 Å². The maximum absolute atomic E-state index is 12.9. The summed E-state index contributed by atoms with van der Waals surface area (Å²) < 4.78 is 47.4. The molecule has 0 amide bonds. The van der Waals surface area contributed by atoms with Gasteiger partial charge in [0, 0.05) is 18.7 Å². The Labute approximate surface area is 230 Å². The first-order valence-corrected chi connectivity index (χ1v) is 16.8. The van der Waals surface area contributed by atoms with Crippen molar-refractivity contribution in [3.8, 4) is 5.88 Å². The molecule has 0 aliphatic carbocycles. The van der Waals surface area contributed by atoms with E-state index in [9.17, 15) is 23.3 Å². The third-order valence-corrected chi connectivity index (χ3v) is 12.2. The zero-order chi connectivity index (χ0) is 29.1. The van der Waals surface area contributed by atoms with Gasteiger partial charge in [0.15, 0.2) is 8.32 Å². The van der Waals surface area contributed by atoms with E-state index in [1.54, 1.807) is 25.1 Å². The SMILES string of the molecule is CC[C@H]1O[C@@H](n2cc(COC(C)c3ccccc3[N+](=O)[O-])c(O[SH](=O)=O)nc2=O)CC1O[Si](C)(C)C(C)(C)C. The quantitative estimate of drug-likeness (QED) is 0.174. The van der Waals surface area contributed by atoms with Crippen molar-refractivity contribution in [1.82, 2.24) is 9.55 Å². The van der Waals surface area contributed by atoms with Crippen molar-refractivity contribution in [2.75, 3.05) is 0 Å². The molecule has 216 valence electrons. The molecule has 0 N–H and O–H groups in total. The molecular weight excluding hydrogens is 546 g/mol. The number of nitro groups is 1. The molecule has 2 aromatic rings. The van der Waals surface area contributed by atoms with E-state index in [-0.39, 0.29) is 35.1 Å². The second-order valence-electron chi connectivity index (χ2n) is 11.0. The van der Waals surface area contributed by atoms with E-state index < -0.39 is 48.1 Å². The van der Waals surface area contributed by atoms with Gasteiger partial charge in [-0.1, -0.05) is 39.8 Å². The number of thiol groups is 1. The zero-order valence-electron chi connectivity index (χ0n) is 23.3. The summed E-state index contributed by atoms with van der Waals surface area (Å²) in [7, 11) is -5.47. The number of hydrogen-bond donors (Lipinski definition) is 1. The van der Waals surface area contributed by atoms with Crippen LogP contribution in [0.2, 0.25) is 18.1 Å². The summed E-state index contributed by atoms with van der Waals surface area (Å²) in [6, 6.07) is 6.16. The number of nitro benzene ring substituents is 1. The Kier molecular flexibility index (Phi) is 9.70. The van der Waals surface area contributed by atoms with E-state index in [4.69, 9.17) is 18.1 Å². The van der Waals surface area contributed by atoms with E-state index in [0.29, 0.717) is 18.4 Å². The van der Waals surface area contributed by atoms with E-state index in [1.165, 1.54) is 16.8 Å². The first-order valence-electron chi connectivity index (χ1n) is 12.8. The van der Waals surface area contributed by atoms with Crippen LogP contribution in [-0.2, 0) is 31.5 Å². The first-order chi connectivity index (χ1) is 18.1. The normalized spacial score (nSPS) is 20.8. The lowest BCUT2D eigenvalue weighted by molar-refractivity contribution is -0.386. The Hall–Kier alpha value is -2.65. The number of nitrogens with zero attached hydrogens (tertiary/aromatic N) is 3. The highest BCUT2D eigenvalue weighted by molar-refractivity contribution is 7.67. The maximum Gasteiger partial charge on any atom is 0.353 e. The number of hydrogen-bond acceptors (Lipinski definition) is 10. The van der Waals surface area contributed by atoms with Gasteiger partial charge in [-0.25, -0.2) is 4.79 Å². The molecule has 2 heterocycles. The fourth-order valence-corrected chi connectivity index (χ4v) is 5.82. The van der Waals surface area contributed by atoms with Crippen LogP contribution in [0.4, 0.5) is 5.69 Å². The average Bonchev–Trinajstić information content (AvgIpc) is 3.23. The summed E-state index contributed by atoms with van der Waals surface area (Å²) in [5.74, 6) is -0.416.